The Bertz CT molecular complexity index is 750. The third-order valence-electron chi connectivity index (χ3n) is 2.52. The van der Waals surface area contributed by atoms with E-state index >= 15 is 0 Å². The Hall–Kier alpha value is -2.48. The van der Waals surface area contributed by atoms with Crippen molar-refractivity contribution in [1.29, 1.82) is 0 Å². The molecule has 2 aromatic rings. The zero-order valence-electron chi connectivity index (χ0n) is 9.91. The van der Waals surface area contributed by atoms with Gasteiger partial charge in [-0.3, -0.25) is 14.3 Å². The Morgan fingerprint density at radius 1 is 1.47 bits per heavy atom. The van der Waals surface area contributed by atoms with Crippen LogP contribution in [0.4, 0.5) is 11.5 Å². The summed E-state index contributed by atoms with van der Waals surface area (Å²) in [5.41, 5.74) is 5.20. The number of anilines is 1. The summed E-state index contributed by atoms with van der Waals surface area (Å²) in [5.74, 6) is 0.475. The molecular formula is C11H10N4O3S. The zero-order chi connectivity index (χ0) is 14.0. The fourth-order valence-corrected chi connectivity index (χ4v) is 1.93. The molecule has 0 aliphatic rings. The van der Waals surface area contributed by atoms with Gasteiger partial charge in [-0.15, -0.1) is 4.91 Å². The molecule has 0 saturated carbocycles. The van der Waals surface area contributed by atoms with Crippen molar-refractivity contribution in [2.45, 2.75) is 0 Å². The Morgan fingerprint density at radius 2 is 2.21 bits per heavy atom. The van der Waals surface area contributed by atoms with Crippen molar-refractivity contribution in [3.8, 4) is 11.4 Å². The number of benzene rings is 1. The summed E-state index contributed by atoms with van der Waals surface area (Å²) in [7, 11) is 1.52. The largest absolute Gasteiger partial charge is 0.497 e. The number of nitrogens with one attached hydrogen (secondary N) is 1. The molecule has 0 spiro atoms. The van der Waals surface area contributed by atoms with Gasteiger partial charge in [-0.05, 0) is 29.5 Å². The average Bonchev–Trinajstić information content (AvgIpc) is 2.39. The van der Waals surface area contributed by atoms with E-state index in [0.29, 0.717) is 11.4 Å². The van der Waals surface area contributed by atoms with Crippen LogP contribution < -0.4 is 16.0 Å². The molecule has 8 heteroatoms. The molecule has 7 nitrogen and oxygen atoms in total. The predicted molar refractivity (Wildman–Crippen MR) is 73.6 cm³/mol. The van der Waals surface area contributed by atoms with Gasteiger partial charge in [0.15, 0.2) is 4.77 Å². The quantitative estimate of drug-likeness (QED) is 0.659. The highest BCUT2D eigenvalue weighted by atomic mass is 32.1. The standard InChI is InChI=1S/C11H10N4O3S/c1-18-7-4-2-3-6(5-7)15-9(12)8(14-17)10(16)13-11(15)19/h2-5H,12H2,1H3,(H,13,16,19). The van der Waals surface area contributed by atoms with E-state index in [4.69, 9.17) is 22.7 Å². The SMILES string of the molecule is COc1cccc(-n2c(N)c(N=O)c(=O)[nH]c2=S)c1. The van der Waals surface area contributed by atoms with Crippen LogP contribution in [0.2, 0.25) is 0 Å². The molecule has 0 aliphatic heterocycles. The maximum absolute atomic E-state index is 11.5. The van der Waals surface area contributed by atoms with E-state index in [9.17, 15) is 9.70 Å². The topological polar surface area (TPSA) is 102 Å². The van der Waals surface area contributed by atoms with E-state index in [0.717, 1.165) is 0 Å². The highest BCUT2D eigenvalue weighted by molar-refractivity contribution is 7.71. The molecule has 3 N–H and O–H groups in total. The van der Waals surface area contributed by atoms with Gasteiger partial charge in [-0.25, -0.2) is 0 Å². The number of hydrogen-bond acceptors (Lipinski definition) is 6. The molecule has 1 heterocycles. The minimum absolute atomic E-state index is 0.0724. The fraction of sp³-hybridized carbons (Fsp3) is 0.0909. The molecule has 0 fully saturated rings. The number of nitrogen functional groups attached to an aromatic ring is 1. The average molecular weight is 278 g/mol. The number of aromatic amines is 1. The number of methoxy groups -OCH3 is 1. The second-order valence-electron chi connectivity index (χ2n) is 3.62. The summed E-state index contributed by atoms with van der Waals surface area (Å²) in [5, 5.41) is 2.62. The Kier molecular flexibility index (Phi) is 3.43. The van der Waals surface area contributed by atoms with Crippen LogP contribution in [0.3, 0.4) is 0 Å². The van der Waals surface area contributed by atoms with E-state index < -0.39 is 11.2 Å². The number of nitrogens with zero attached hydrogens (tertiary/aromatic N) is 2. The summed E-state index contributed by atoms with van der Waals surface area (Å²) in [6.07, 6.45) is 0. The summed E-state index contributed by atoms with van der Waals surface area (Å²) >= 11 is 5.04. The lowest BCUT2D eigenvalue weighted by atomic mass is 10.3. The lowest BCUT2D eigenvalue weighted by molar-refractivity contribution is 0.414. The number of rotatable bonds is 3. The van der Waals surface area contributed by atoms with Gasteiger partial charge >= 0.3 is 0 Å². The van der Waals surface area contributed by atoms with Gasteiger partial charge in [0.05, 0.1) is 12.8 Å². The highest BCUT2D eigenvalue weighted by Crippen LogP contribution is 2.23. The van der Waals surface area contributed by atoms with Gasteiger partial charge in [0.2, 0.25) is 5.69 Å². The molecule has 0 unspecified atom stereocenters. The van der Waals surface area contributed by atoms with Gasteiger partial charge < -0.3 is 10.5 Å². The van der Waals surface area contributed by atoms with Crippen LogP contribution in [0.1, 0.15) is 0 Å². The van der Waals surface area contributed by atoms with Crippen molar-refractivity contribution in [1.82, 2.24) is 9.55 Å². The molecule has 0 atom stereocenters. The molecule has 0 amide bonds. The molecule has 98 valence electrons. The minimum atomic E-state index is -0.711. The zero-order valence-corrected chi connectivity index (χ0v) is 10.7. The van der Waals surface area contributed by atoms with Crippen LogP contribution in [0.25, 0.3) is 5.69 Å². The van der Waals surface area contributed by atoms with Gasteiger partial charge in [-0.1, -0.05) is 6.07 Å². The van der Waals surface area contributed by atoms with Gasteiger partial charge in [0, 0.05) is 6.07 Å². The number of aromatic nitrogens is 2. The van der Waals surface area contributed by atoms with Crippen LogP contribution in [-0.2, 0) is 0 Å². The summed E-state index contributed by atoms with van der Waals surface area (Å²) in [6, 6.07) is 6.85. The number of ether oxygens (including phenoxy) is 1. The van der Waals surface area contributed by atoms with Crippen LogP contribution in [-0.4, -0.2) is 16.7 Å². The van der Waals surface area contributed by atoms with Crippen molar-refractivity contribution in [3.05, 3.63) is 44.3 Å². The summed E-state index contributed by atoms with van der Waals surface area (Å²) in [4.78, 5) is 24.5. The van der Waals surface area contributed by atoms with Crippen LogP contribution in [0.5, 0.6) is 5.75 Å². The first kappa shape index (κ1) is 13.0. The first-order valence-electron chi connectivity index (χ1n) is 5.21. The van der Waals surface area contributed by atoms with E-state index in [1.165, 1.54) is 11.7 Å². The van der Waals surface area contributed by atoms with Crippen molar-refractivity contribution in [2.75, 3.05) is 12.8 Å². The number of H-pyrrole nitrogens is 1. The molecule has 19 heavy (non-hydrogen) atoms. The molecular weight excluding hydrogens is 268 g/mol. The normalized spacial score (nSPS) is 10.2. The van der Waals surface area contributed by atoms with Crippen LogP contribution in [0.15, 0.2) is 34.2 Å². The van der Waals surface area contributed by atoms with Crippen LogP contribution in [0, 0.1) is 9.68 Å². The second kappa shape index (κ2) is 5.02. The highest BCUT2D eigenvalue weighted by Gasteiger charge is 2.12. The van der Waals surface area contributed by atoms with E-state index in [2.05, 4.69) is 10.2 Å². The Balaban J connectivity index is 2.78. The first-order chi connectivity index (χ1) is 9.08. The van der Waals surface area contributed by atoms with Crippen molar-refractivity contribution in [3.63, 3.8) is 0 Å². The number of nitroso groups, excluding NO2 is 1. The molecule has 0 bridgehead atoms. The smallest absolute Gasteiger partial charge is 0.283 e. The monoisotopic (exact) mass is 278 g/mol. The lowest BCUT2D eigenvalue weighted by Crippen LogP contribution is -2.16. The molecule has 2 rings (SSSR count). The molecule has 0 aliphatic carbocycles. The van der Waals surface area contributed by atoms with E-state index in [1.807, 2.05) is 0 Å². The maximum atomic E-state index is 11.5. The number of nitrogens with two attached hydrogens (primary N) is 1. The van der Waals surface area contributed by atoms with Crippen molar-refractivity contribution >= 4 is 23.7 Å². The third kappa shape index (κ3) is 2.25. The summed E-state index contributed by atoms with van der Waals surface area (Å²) < 4.78 is 6.51. The third-order valence-corrected chi connectivity index (χ3v) is 2.81. The van der Waals surface area contributed by atoms with Crippen molar-refractivity contribution in [2.24, 2.45) is 5.18 Å². The predicted octanol–water partition coefficient (Wildman–Crippen LogP) is 1.88. The van der Waals surface area contributed by atoms with E-state index in [-0.39, 0.29) is 10.6 Å². The Labute approximate surface area is 112 Å². The van der Waals surface area contributed by atoms with Crippen molar-refractivity contribution < 1.29 is 4.74 Å². The van der Waals surface area contributed by atoms with Gasteiger partial charge in [0.1, 0.15) is 11.6 Å². The molecule has 0 radical (unpaired) electrons. The second-order valence-corrected chi connectivity index (χ2v) is 4.01. The molecule has 0 saturated heterocycles. The van der Waals surface area contributed by atoms with E-state index in [1.54, 1.807) is 24.3 Å². The lowest BCUT2D eigenvalue weighted by Gasteiger charge is -2.11. The minimum Gasteiger partial charge on any atom is -0.497 e. The Morgan fingerprint density at radius 3 is 2.84 bits per heavy atom. The molecule has 1 aromatic carbocycles. The van der Waals surface area contributed by atoms with Gasteiger partial charge in [-0.2, -0.15) is 0 Å². The fourth-order valence-electron chi connectivity index (χ4n) is 1.64. The maximum Gasteiger partial charge on any atom is 0.283 e. The van der Waals surface area contributed by atoms with Crippen LogP contribution >= 0.6 is 12.2 Å². The summed E-state index contributed by atoms with van der Waals surface area (Å²) in [6.45, 7) is 0. The number of hydrogen-bond donors (Lipinski definition) is 2. The molecule has 1 aromatic heterocycles. The first-order valence-corrected chi connectivity index (χ1v) is 5.62. The van der Waals surface area contributed by atoms with Gasteiger partial charge in [0.25, 0.3) is 5.56 Å².